The minimum atomic E-state index is -0.778. The van der Waals surface area contributed by atoms with Crippen molar-refractivity contribution in [2.45, 2.75) is 0 Å². The number of rotatable bonds is 0. The van der Waals surface area contributed by atoms with Gasteiger partial charge in [-0.1, -0.05) is 11.8 Å². The Labute approximate surface area is 62.9 Å². The van der Waals surface area contributed by atoms with Gasteiger partial charge in [0.1, 0.15) is 6.61 Å². The third kappa shape index (κ3) is 2.32. The zero-order valence-corrected chi connectivity index (χ0v) is 5.58. The number of aromatic nitrogens is 2. The van der Waals surface area contributed by atoms with Gasteiger partial charge in [-0.2, -0.15) is 4.39 Å². The second-order valence-electron chi connectivity index (χ2n) is 1.70. The van der Waals surface area contributed by atoms with Crippen LogP contribution in [0.25, 0.3) is 0 Å². The molecular weight excluding hydrogens is 147 g/mol. The molecule has 11 heavy (non-hydrogen) atoms. The van der Waals surface area contributed by atoms with Gasteiger partial charge in [-0.15, -0.1) is 0 Å². The third-order valence-corrected chi connectivity index (χ3v) is 0.932. The lowest BCUT2D eigenvalue weighted by molar-refractivity contribution is 0.350. The first kappa shape index (κ1) is 7.63. The zero-order chi connectivity index (χ0) is 8.10. The molecule has 0 atom stereocenters. The van der Waals surface area contributed by atoms with E-state index in [1.807, 2.05) is 0 Å². The molecule has 0 amide bonds. The molecule has 0 unspecified atom stereocenters. The van der Waals surface area contributed by atoms with E-state index in [4.69, 9.17) is 5.11 Å². The smallest absolute Gasteiger partial charge is 0.308 e. The van der Waals surface area contributed by atoms with Crippen LogP contribution in [-0.2, 0) is 0 Å². The molecule has 1 aromatic rings. The van der Waals surface area contributed by atoms with Gasteiger partial charge in [-0.3, -0.25) is 0 Å². The van der Waals surface area contributed by atoms with Gasteiger partial charge in [-0.25, -0.2) is 9.97 Å². The van der Waals surface area contributed by atoms with Crippen LogP contribution in [0.1, 0.15) is 5.56 Å². The minimum Gasteiger partial charge on any atom is -0.384 e. The fourth-order valence-electron chi connectivity index (χ4n) is 0.518. The molecule has 0 fully saturated rings. The third-order valence-electron chi connectivity index (χ3n) is 0.932. The summed E-state index contributed by atoms with van der Waals surface area (Å²) in [5.41, 5.74) is 0.487. The molecule has 0 saturated carbocycles. The Morgan fingerprint density at radius 3 is 2.64 bits per heavy atom. The second kappa shape index (κ2) is 3.64. The van der Waals surface area contributed by atoms with Gasteiger partial charge in [0.15, 0.2) is 0 Å². The van der Waals surface area contributed by atoms with Crippen molar-refractivity contribution >= 4 is 0 Å². The Bertz CT molecular complexity index is 286. The van der Waals surface area contributed by atoms with E-state index in [0.29, 0.717) is 5.56 Å². The van der Waals surface area contributed by atoms with Gasteiger partial charge in [0.05, 0.1) is 5.56 Å². The van der Waals surface area contributed by atoms with E-state index in [1.165, 1.54) is 12.4 Å². The van der Waals surface area contributed by atoms with Crippen LogP contribution in [0.2, 0.25) is 0 Å². The van der Waals surface area contributed by atoms with Crippen LogP contribution in [0.4, 0.5) is 4.39 Å². The Hall–Kier alpha value is -1.47. The van der Waals surface area contributed by atoms with E-state index in [-0.39, 0.29) is 6.61 Å². The molecule has 1 N–H and O–H groups in total. The lowest BCUT2D eigenvalue weighted by Crippen LogP contribution is -1.88. The zero-order valence-electron chi connectivity index (χ0n) is 5.58. The average Bonchev–Trinajstić information content (AvgIpc) is 2.04. The van der Waals surface area contributed by atoms with Crippen molar-refractivity contribution in [3.05, 3.63) is 24.0 Å². The first-order chi connectivity index (χ1) is 5.33. The largest absolute Gasteiger partial charge is 0.384 e. The number of aliphatic hydroxyl groups is 1. The molecule has 56 valence electrons. The highest BCUT2D eigenvalue weighted by Crippen LogP contribution is 1.91. The molecule has 0 aliphatic heterocycles. The average molecular weight is 152 g/mol. The summed E-state index contributed by atoms with van der Waals surface area (Å²) in [6.45, 7) is -0.225. The van der Waals surface area contributed by atoms with Crippen molar-refractivity contribution in [2.75, 3.05) is 6.61 Å². The van der Waals surface area contributed by atoms with Crippen molar-refractivity contribution in [2.24, 2.45) is 0 Å². The molecule has 4 heteroatoms. The molecule has 1 heterocycles. The predicted octanol–water partition coefficient (Wildman–Crippen LogP) is -0.0405. The van der Waals surface area contributed by atoms with Gasteiger partial charge in [0.25, 0.3) is 0 Å². The summed E-state index contributed by atoms with van der Waals surface area (Å²) < 4.78 is 12.1. The van der Waals surface area contributed by atoms with Crippen LogP contribution in [-0.4, -0.2) is 21.7 Å². The maximum Gasteiger partial charge on any atom is 0.308 e. The quantitative estimate of drug-likeness (QED) is 0.419. The maximum atomic E-state index is 12.1. The van der Waals surface area contributed by atoms with Crippen molar-refractivity contribution in [1.82, 2.24) is 9.97 Å². The van der Waals surface area contributed by atoms with Crippen molar-refractivity contribution < 1.29 is 9.50 Å². The summed E-state index contributed by atoms with van der Waals surface area (Å²) in [5.74, 6) is 4.92. The Kier molecular flexibility index (Phi) is 2.53. The molecule has 0 spiro atoms. The Morgan fingerprint density at radius 1 is 1.45 bits per heavy atom. The first-order valence-electron chi connectivity index (χ1n) is 2.90. The van der Waals surface area contributed by atoms with E-state index in [0.717, 1.165) is 0 Å². The first-order valence-corrected chi connectivity index (χ1v) is 2.90. The second-order valence-corrected chi connectivity index (χ2v) is 1.70. The van der Waals surface area contributed by atoms with Gasteiger partial charge < -0.3 is 5.11 Å². The van der Waals surface area contributed by atoms with E-state index in [1.54, 1.807) is 0 Å². The van der Waals surface area contributed by atoms with Gasteiger partial charge in [0.2, 0.25) is 0 Å². The molecule has 0 aliphatic rings. The highest BCUT2D eigenvalue weighted by Gasteiger charge is 1.90. The standard InChI is InChI=1S/C7H5FN2O/c8-7-9-4-6(5-10-7)2-1-3-11/h4-5,11H,3H2. The summed E-state index contributed by atoms with van der Waals surface area (Å²) in [7, 11) is 0. The fourth-order valence-corrected chi connectivity index (χ4v) is 0.518. The maximum absolute atomic E-state index is 12.1. The van der Waals surface area contributed by atoms with Gasteiger partial charge >= 0.3 is 6.08 Å². The highest BCUT2D eigenvalue weighted by atomic mass is 19.1. The molecule has 0 aromatic carbocycles. The molecule has 0 radical (unpaired) electrons. The molecular formula is C7H5FN2O. The molecule has 3 nitrogen and oxygen atoms in total. The van der Waals surface area contributed by atoms with Crippen LogP contribution in [0.15, 0.2) is 12.4 Å². The molecule has 0 bridgehead atoms. The summed E-state index contributed by atoms with van der Waals surface area (Å²) in [4.78, 5) is 6.54. The number of aliphatic hydroxyl groups excluding tert-OH is 1. The van der Waals surface area contributed by atoms with Crippen molar-refractivity contribution in [3.63, 3.8) is 0 Å². The van der Waals surface area contributed by atoms with Crippen LogP contribution < -0.4 is 0 Å². The topological polar surface area (TPSA) is 46.0 Å². The molecule has 1 rings (SSSR count). The lowest BCUT2D eigenvalue weighted by Gasteiger charge is -1.86. The monoisotopic (exact) mass is 152 g/mol. The lowest BCUT2D eigenvalue weighted by atomic mass is 10.3. The normalized spacial score (nSPS) is 8.55. The van der Waals surface area contributed by atoms with E-state index >= 15 is 0 Å². The van der Waals surface area contributed by atoms with Crippen LogP contribution in [0.5, 0.6) is 0 Å². The Balaban J connectivity index is 2.82. The molecule has 0 aliphatic carbocycles. The number of halogens is 1. The van der Waals surface area contributed by atoms with Crippen molar-refractivity contribution in [3.8, 4) is 11.8 Å². The van der Waals surface area contributed by atoms with E-state index < -0.39 is 6.08 Å². The Morgan fingerprint density at radius 2 is 2.09 bits per heavy atom. The number of hydrogen-bond acceptors (Lipinski definition) is 3. The molecule has 0 saturated heterocycles. The summed E-state index contributed by atoms with van der Waals surface area (Å²) in [5, 5.41) is 8.29. The van der Waals surface area contributed by atoms with Gasteiger partial charge in [-0.05, 0) is 0 Å². The van der Waals surface area contributed by atoms with E-state index in [2.05, 4.69) is 21.8 Å². The van der Waals surface area contributed by atoms with Crippen LogP contribution in [0.3, 0.4) is 0 Å². The van der Waals surface area contributed by atoms with Crippen LogP contribution >= 0.6 is 0 Å². The van der Waals surface area contributed by atoms with Gasteiger partial charge in [0, 0.05) is 12.4 Å². The van der Waals surface area contributed by atoms with Crippen molar-refractivity contribution in [1.29, 1.82) is 0 Å². The fraction of sp³-hybridized carbons (Fsp3) is 0.143. The number of nitrogens with zero attached hydrogens (tertiary/aromatic N) is 2. The van der Waals surface area contributed by atoms with Crippen LogP contribution in [0, 0.1) is 17.9 Å². The predicted molar refractivity (Wildman–Crippen MR) is 36.0 cm³/mol. The highest BCUT2D eigenvalue weighted by molar-refractivity contribution is 5.28. The molecule has 1 aromatic heterocycles. The minimum absolute atomic E-state index is 0.225. The van der Waals surface area contributed by atoms with E-state index in [9.17, 15) is 4.39 Å². The summed E-state index contributed by atoms with van der Waals surface area (Å²) in [6, 6.07) is 0. The SMILES string of the molecule is OCC#Cc1cnc(F)nc1. The summed E-state index contributed by atoms with van der Waals surface area (Å²) >= 11 is 0. The number of hydrogen-bond donors (Lipinski definition) is 1. The summed E-state index contributed by atoms with van der Waals surface area (Å²) in [6.07, 6.45) is 1.73.